The van der Waals surface area contributed by atoms with Crippen LogP contribution in [0.15, 0.2) is 30.3 Å². The van der Waals surface area contributed by atoms with E-state index in [2.05, 4.69) is 10.4 Å². The van der Waals surface area contributed by atoms with Gasteiger partial charge in [-0.15, -0.1) is 0 Å². The molecule has 0 aliphatic heterocycles. The van der Waals surface area contributed by atoms with Gasteiger partial charge in [0.1, 0.15) is 0 Å². The molecule has 0 saturated carbocycles. The molecule has 6 heteroatoms. The zero-order valence-corrected chi connectivity index (χ0v) is 11.3. The van der Waals surface area contributed by atoms with Gasteiger partial charge in [-0.1, -0.05) is 12.1 Å². The fraction of sp³-hybridized carbons (Fsp3) is 0.357. The van der Waals surface area contributed by atoms with Crippen LogP contribution in [0.25, 0.3) is 11.3 Å². The molecule has 1 aromatic heterocycles. The first-order valence-corrected chi connectivity index (χ1v) is 6.27. The molecule has 0 saturated heterocycles. The molecule has 0 atom stereocenters. The Bertz CT molecular complexity index is 588. The lowest BCUT2D eigenvalue weighted by Crippen LogP contribution is -2.10. The number of likely N-dealkylation sites (N-methyl/N-ethyl adjacent to an activating group) is 1. The van der Waals surface area contributed by atoms with Gasteiger partial charge in [0.25, 0.3) is 0 Å². The Balaban J connectivity index is 2.34. The number of benzene rings is 1. The van der Waals surface area contributed by atoms with Crippen LogP contribution in [-0.2, 0) is 19.6 Å². The Hall–Kier alpha value is -1.82. The molecule has 0 amide bonds. The third kappa shape index (κ3) is 3.19. The number of halogens is 3. The van der Waals surface area contributed by atoms with E-state index in [1.54, 1.807) is 17.8 Å². The highest BCUT2D eigenvalue weighted by molar-refractivity contribution is 5.61. The van der Waals surface area contributed by atoms with Gasteiger partial charge in [0, 0.05) is 25.6 Å². The maximum Gasteiger partial charge on any atom is 0.416 e. The Morgan fingerprint density at radius 1 is 1.25 bits per heavy atom. The zero-order chi connectivity index (χ0) is 14.8. The molecule has 2 aromatic rings. The molecule has 0 radical (unpaired) electrons. The number of aryl methyl sites for hydroxylation is 1. The molecule has 0 aliphatic rings. The van der Waals surface area contributed by atoms with Crippen molar-refractivity contribution >= 4 is 0 Å². The van der Waals surface area contributed by atoms with E-state index in [-0.39, 0.29) is 0 Å². The largest absolute Gasteiger partial charge is 0.416 e. The van der Waals surface area contributed by atoms with Gasteiger partial charge in [0.05, 0.1) is 17.0 Å². The summed E-state index contributed by atoms with van der Waals surface area (Å²) in [6, 6.07) is 7.13. The van der Waals surface area contributed by atoms with Crippen LogP contribution in [0, 0.1) is 0 Å². The fourth-order valence-corrected chi connectivity index (χ4v) is 2.03. The van der Waals surface area contributed by atoms with Crippen molar-refractivity contribution in [3.8, 4) is 11.3 Å². The minimum Gasteiger partial charge on any atom is -0.319 e. The zero-order valence-electron chi connectivity index (χ0n) is 11.3. The van der Waals surface area contributed by atoms with Crippen LogP contribution in [-0.4, -0.2) is 23.4 Å². The molecule has 2 rings (SSSR count). The summed E-state index contributed by atoms with van der Waals surface area (Å²) in [7, 11) is 3.58. The number of rotatable bonds is 4. The highest BCUT2D eigenvalue weighted by atomic mass is 19.4. The van der Waals surface area contributed by atoms with Gasteiger partial charge < -0.3 is 5.32 Å². The minimum atomic E-state index is -4.33. The summed E-state index contributed by atoms with van der Waals surface area (Å²) in [5, 5.41) is 7.33. The van der Waals surface area contributed by atoms with E-state index in [0.717, 1.165) is 30.8 Å². The standard InChI is InChI=1S/C14H16F3N3/c1-18-7-6-12-9-13(20(2)19-12)10-4-3-5-11(8-10)14(15,16)17/h3-5,8-9,18H,6-7H2,1-2H3. The van der Waals surface area contributed by atoms with Crippen LogP contribution in [0.4, 0.5) is 13.2 Å². The van der Waals surface area contributed by atoms with Crippen molar-refractivity contribution in [1.29, 1.82) is 0 Å². The van der Waals surface area contributed by atoms with Crippen LogP contribution in [0.1, 0.15) is 11.3 Å². The molecule has 1 aromatic carbocycles. The van der Waals surface area contributed by atoms with Gasteiger partial charge in [0.15, 0.2) is 0 Å². The van der Waals surface area contributed by atoms with E-state index in [1.807, 2.05) is 13.1 Å². The highest BCUT2D eigenvalue weighted by Gasteiger charge is 2.30. The average molecular weight is 283 g/mol. The topological polar surface area (TPSA) is 29.9 Å². The van der Waals surface area contributed by atoms with Gasteiger partial charge in [-0.2, -0.15) is 18.3 Å². The molecule has 0 fully saturated rings. The predicted octanol–water partition coefficient (Wildman–Crippen LogP) is 2.87. The van der Waals surface area contributed by atoms with E-state index in [1.165, 1.54) is 6.07 Å². The van der Waals surface area contributed by atoms with Crippen LogP contribution in [0.2, 0.25) is 0 Å². The van der Waals surface area contributed by atoms with Gasteiger partial charge in [-0.25, -0.2) is 0 Å². The third-order valence-electron chi connectivity index (χ3n) is 3.05. The number of alkyl halides is 3. The van der Waals surface area contributed by atoms with Crippen molar-refractivity contribution in [2.24, 2.45) is 7.05 Å². The third-order valence-corrected chi connectivity index (χ3v) is 3.05. The molecule has 0 bridgehead atoms. The first-order chi connectivity index (χ1) is 9.41. The minimum absolute atomic E-state index is 0.519. The van der Waals surface area contributed by atoms with E-state index < -0.39 is 11.7 Å². The van der Waals surface area contributed by atoms with Crippen LogP contribution < -0.4 is 5.32 Å². The molecule has 1 N–H and O–H groups in total. The van der Waals surface area contributed by atoms with Gasteiger partial charge in [-0.3, -0.25) is 4.68 Å². The Morgan fingerprint density at radius 2 is 2.00 bits per heavy atom. The molecule has 108 valence electrons. The fourth-order valence-electron chi connectivity index (χ4n) is 2.03. The highest BCUT2D eigenvalue weighted by Crippen LogP contribution is 2.32. The SMILES string of the molecule is CNCCc1cc(-c2cccc(C(F)(F)F)c2)n(C)n1. The summed E-state index contributed by atoms with van der Waals surface area (Å²) in [6.07, 6.45) is -3.59. The normalized spacial score (nSPS) is 11.8. The lowest BCUT2D eigenvalue weighted by Gasteiger charge is -2.08. The second-order valence-electron chi connectivity index (χ2n) is 4.58. The van der Waals surface area contributed by atoms with Gasteiger partial charge in [0.2, 0.25) is 0 Å². The molecule has 0 aliphatic carbocycles. The van der Waals surface area contributed by atoms with Crippen LogP contribution in [0.3, 0.4) is 0 Å². The van der Waals surface area contributed by atoms with Crippen molar-refractivity contribution < 1.29 is 13.2 Å². The van der Waals surface area contributed by atoms with Crippen molar-refractivity contribution in [3.63, 3.8) is 0 Å². The van der Waals surface area contributed by atoms with Gasteiger partial charge in [-0.05, 0) is 25.2 Å². The second kappa shape index (κ2) is 5.66. The Morgan fingerprint density at radius 3 is 2.65 bits per heavy atom. The number of nitrogens with one attached hydrogen (secondary N) is 1. The first-order valence-electron chi connectivity index (χ1n) is 6.27. The molecule has 1 heterocycles. The molecule has 0 spiro atoms. The molecular formula is C14H16F3N3. The van der Waals surface area contributed by atoms with Crippen LogP contribution >= 0.6 is 0 Å². The molecule has 3 nitrogen and oxygen atoms in total. The summed E-state index contributed by atoms with van der Waals surface area (Å²) in [6.45, 7) is 0.777. The van der Waals surface area contributed by atoms with E-state index >= 15 is 0 Å². The molecule has 0 unspecified atom stereocenters. The smallest absolute Gasteiger partial charge is 0.319 e. The monoisotopic (exact) mass is 283 g/mol. The summed E-state index contributed by atoms with van der Waals surface area (Å²) in [4.78, 5) is 0. The van der Waals surface area contributed by atoms with E-state index in [9.17, 15) is 13.2 Å². The van der Waals surface area contributed by atoms with Crippen molar-refractivity contribution in [3.05, 3.63) is 41.6 Å². The Kier molecular flexibility index (Phi) is 4.13. The van der Waals surface area contributed by atoms with Gasteiger partial charge >= 0.3 is 6.18 Å². The van der Waals surface area contributed by atoms with Crippen molar-refractivity contribution in [2.75, 3.05) is 13.6 Å². The Labute approximate surface area is 115 Å². The summed E-state index contributed by atoms with van der Waals surface area (Å²) < 4.78 is 39.8. The maximum atomic E-state index is 12.7. The summed E-state index contributed by atoms with van der Waals surface area (Å²) in [5.41, 5.74) is 1.41. The van der Waals surface area contributed by atoms with Crippen molar-refractivity contribution in [2.45, 2.75) is 12.6 Å². The summed E-state index contributed by atoms with van der Waals surface area (Å²) >= 11 is 0. The van der Waals surface area contributed by atoms with E-state index in [4.69, 9.17) is 0 Å². The number of hydrogen-bond acceptors (Lipinski definition) is 2. The quantitative estimate of drug-likeness (QED) is 0.935. The van der Waals surface area contributed by atoms with Crippen LogP contribution in [0.5, 0.6) is 0 Å². The average Bonchev–Trinajstić information content (AvgIpc) is 2.77. The van der Waals surface area contributed by atoms with Crippen molar-refractivity contribution in [1.82, 2.24) is 15.1 Å². The maximum absolute atomic E-state index is 12.7. The number of hydrogen-bond donors (Lipinski definition) is 1. The lowest BCUT2D eigenvalue weighted by molar-refractivity contribution is -0.137. The molecular weight excluding hydrogens is 267 g/mol. The first kappa shape index (κ1) is 14.6. The second-order valence-corrected chi connectivity index (χ2v) is 4.58. The number of aromatic nitrogens is 2. The van der Waals surface area contributed by atoms with E-state index in [0.29, 0.717) is 11.3 Å². The lowest BCUT2D eigenvalue weighted by atomic mass is 10.1. The predicted molar refractivity (Wildman–Crippen MR) is 71.3 cm³/mol. The number of nitrogens with zero attached hydrogens (tertiary/aromatic N) is 2. The summed E-state index contributed by atoms with van der Waals surface area (Å²) in [5.74, 6) is 0. The molecule has 20 heavy (non-hydrogen) atoms.